The number of carbonyl (C=O) groups excluding carboxylic acids is 1. The van der Waals surface area contributed by atoms with Gasteiger partial charge in [0.25, 0.3) is 0 Å². The van der Waals surface area contributed by atoms with Crippen molar-refractivity contribution in [2.75, 3.05) is 13.2 Å². The lowest BCUT2D eigenvalue weighted by Gasteiger charge is -2.40. The molecule has 380 valence electrons. The first-order chi connectivity index (χ1) is 31.8. The van der Waals surface area contributed by atoms with Crippen molar-refractivity contribution in [3.8, 4) is 0 Å². The molecule has 0 aromatic carbocycles. The molecule has 0 bridgehead atoms. The van der Waals surface area contributed by atoms with Gasteiger partial charge in [-0.1, -0.05) is 236 Å². The smallest absolute Gasteiger partial charge is 0.220 e. The Morgan fingerprint density at radius 3 is 1.42 bits per heavy atom. The van der Waals surface area contributed by atoms with Crippen molar-refractivity contribution in [2.24, 2.45) is 0 Å². The molecule has 0 aromatic heterocycles. The SMILES string of the molecule is CC/C=C\C/C=C\C/C=C\C/C=C\CCCCCCCCCCCCCCCCC(=O)NC(COC1OC(CO)C(O)C(O)C1O)C(O)CCCCCCCCCCCCCCCCC. The fourth-order valence-corrected chi connectivity index (χ4v) is 8.62. The molecule has 0 radical (unpaired) electrons. The minimum atomic E-state index is -1.55. The highest BCUT2D eigenvalue weighted by molar-refractivity contribution is 5.76. The van der Waals surface area contributed by atoms with Crippen LogP contribution in [0.3, 0.4) is 0 Å². The van der Waals surface area contributed by atoms with E-state index in [1.165, 1.54) is 154 Å². The molecule has 1 fully saturated rings. The molecule has 1 amide bonds. The number of hydrogen-bond acceptors (Lipinski definition) is 8. The zero-order chi connectivity index (χ0) is 47.3. The second-order valence-corrected chi connectivity index (χ2v) is 19.0. The van der Waals surface area contributed by atoms with Crippen molar-refractivity contribution in [3.05, 3.63) is 48.6 Å². The van der Waals surface area contributed by atoms with Crippen molar-refractivity contribution in [1.29, 1.82) is 0 Å². The molecular formula is C56H103NO8. The van der Waals surface area contributed by atoms with Gasteiger partial charge in [0.1, 0.15) is 24.4 Å². The van der Waals surface area contributed by atoms with E-state index in [0.717, 1.165) is 64.2 Å². The standard InChI is InChI=1S/C56H103NO8/c1-3-5-7-9-11-13-15-17-19-20-21-22-23-24-25-26-27-28-29-30-32-34-36-38-40-42-44-46-52(60)57-49(48-64-56-55(63)54(62)53(61)51(47-58)65-56)50(59)45-43-41-39-37-35-33-31-18-16-14-12-10-8-6-4-2/h5,7,11,13,17,19,21-22,49-51,53-56,58-59,61-63H,3-4,6,8-10,12,14-16,18,20,23-48H2,1-2H3,(H,57,60)/b7-5-,13-11-,19-17-,22-21-. The first-order valence-corrected chi connectivity index (χ1v) is 27.3. The molecule has 1 heterocycles. The fourth-order valence-electron chi connectivity index (χ4n) is 8.62. The van der Waals surface area contributed by atoms with Crippen LogP contribution in [-0.2, 0) is 14.3 Å². The van der Waals surface area contributed by atoms with E-state index >= 15 is 0 Å². The highest BCUT2D eigenvalue weighted by Gasteiger charge is 2.44. The number of hydrogen-bond donors (Lipinski definition) is 6. The molecule has 65 heavy (non-hydrogen) atoms. The lowest BCUT2D eigenvalue weighted by Crippen LogP contribution is -2.60. The predicted molar refractivity (Wildman–Crippen MR) is 272 cm³/mol. The number of aliphatic hydroxyl groups is 5. The zero-order valence-corrected chi connectivity index (χ0v) is 42.0. The molecular weight excluding hydrogens is 815 g/mol. The zero-order valence-electron chi connectivity index (χ0n) is 42.0. The summed E-state index contributed by atoms with van der Waals surface area (Å²) in [6, 6.07) is -0.719. The Hall–Kier alpha value is -1.85. The number of unbranched alkanes of at least 4 members (excludes halogenated alkanes) is 28. The molecule has 1 aliphatic rings. The van der Waals surface area contributed by atoms with Crippen LogP contribution in [0.25, 0.3) is 0 Å². The van der Waals surface area contributed by atoms with Gasteiger partial charge in [0.05, 0.1) is 25.4 Å². The maximum atomic E-state index is 13.0. The molecule has 9 nitrogen and oxygen atoms in total. The number of aliphatic hydroxyl groups excluding tert-OH is 5. The second-order valence-electron chi connectivity index (χ2n) is 19.0. The summed E-state index contributed by atoms with van der Waals surface area (Å²) >= 11 is 0. The largest absolute Gasteiger partial charge is 0.394 e. The van der Waals surface area contributed by atoms with Gasteiger partial charge in [0.2, 0.25) is 5.91 Å². The van der Waals surface area contributed by atoms with Gasteiger partial charge in [-0.15, -0.1) is 0 Å². The lowest BCUT2D eigenvalue weighted by molar-refractivity contribution is -0.302. The number of nitrogens with one attached hydrogen (secondary N) is 1. The topological polar surface area (TPSA) is 149 Å². The molecule has 0 saturated carbocycles. The molecule has 0 aromatic rings. The summed E-state index contributed by atoms with van der Waals surface area (Å²) < 4.78 is 11.3. The first-order valence-electron chi connectivity index (χ1n) is 27.3. The van der Waals surface area contributed by atoms with Crippen LogP contribution in [0, 0.1) is 0 Å². The summed E-state index contributed by atoms with van der Waals surface area (Å²) in [5.41, 5.74) is 0. The maximum Gasteiger partial charge on any atom is 0.220 e. The van der Waals surface area contributed by atoms with E-state index in [1.54, 1.807) is 0 Å². The minimum absolute atomic E-state index is 0.137. The van der Waals surface area contributed by atoms with Crippen LogP contribution in [0.5, 0.6) is 0 Å². The van der Waals surface area contributed by atoms with Gasteiger partial charge >= 0.3 is 0 Å². The van der Waals surface area contributed by atoms with Crippen molar-refractivity contribution >= 4 is 5.91 Å². The van der Waals surface area contributed by atoms with Crippen LogP contribution < -0.4 is 5.32 Å². The third-order valence-electron chi connectivity index (χ3n) is 12.9. The summed E-state index contributed by atoms with van der Waals surface area (Å²) in [5, 5.41) is 54.6. The average molecular weight is 918 g/mol. The Bertz CT molecular complexity index is 1160. The van der Waals surface area contributed by atoms with Crippen LogP contribution in [0.2, 0.25) is 0 Å². The Kier molecular flexibility index (Phi) is 43.2. The number of rotatable bonds is 46. The number of ether oxygens (including phenoxy) is 2. The molecule has 9 heteroatoms. The quantitative estimate of drug-likeness (QED) is 0.0261. The van der Waals surface area contributed by atoms with Gasteiger partial charge in [-0.25, -0.2) is 0 Å². The average Bonchev–Trinajstić information content (AvgIpc) is 3.31. The fraction of sp³-hybridized carbons (Fsp3) is 0.839. The highest BCUT2D eigenvalue weighted by Crippen LogP contribution is 2.23. The van der Waals surface area contributed by atoms with Crippen LogP contribution in [0.15, 0.2) is 48.6 Å². The molecule has 1 saturated heterocycles. The molecule has 0 aliphatic carbocycles. The van der Waals surface area contributed by atoms with Crippen molar-refractivity contribution in [2.45, 2.75) is 288 Å². The Balaban J connectivity index is 2.19. The summed E-state index contributed by atoms with van der Waals surface area (Å²) in [4.78, 5) is 13.0. The predicted octanol–water partition coefficient (Wildman–Crippen LogP) is 13.0. The Morgan fingerprint density at radius 1 is 0.538 bits per heavy atom. The third-order valence-corrected chi connectivity index (χ3v) is 12.9. The number of amides is 1. The number of allylic oxidation sites excluding steroid dienone is 8. The van der Waals surface area contributed by atoms with Gasteiger partial charge in [0, 0.05) is 6.42 Å². The Morgan fingerprint density at radius 2 is 0.954 bits per heavy atom. The van der Waals surface area contributed by atoms with Gasteiger partial charge in [-0.05, 0) is 51.4 Å². The molecule has 1 rings (SSSR count). The van der Waals surface area contributed by atoms with E-state index < -0.39 is 49.5 Å². The highest BCUT2D eigenvalue weighted by atomic mass is 16.7. The van der Waals surface area contributed by atoms with Crippen molar-refractivity contribution in [3.63, 3.8) is 0 Å². The number of carbonyl (C=O) groups is 1. The van der Waals surface area contributed by atoms with Crippen LogP contribution >= 0.6 is 0 Å². The van der Waals surface area contributed by atoms with Crippen molar-refractivity contribution in [1.82, 2.24) is 5.32 Å². The first kappa shape index (κ1) is 61.2. The normalized spacial score (nSPS) is 20.3. The summed E-state index contributed by atoms with van der Waals surface area (Å²) in [5.74, 6) is -0.145. The van der Waals surface area contributed by atoms with Gasteiger partial charge < -0.3 is 40.3 Å². The molecule has 7 unspecified atom stereocenters. The van der Waals surface area contributed by atoms with Gasteiger partial charge in [-0.3, -0.25) is 4.79 Å². The van der Waals surface area contributed by atoms with E-state index in [4.69, 9.17) is 9.47 Å². The molecule has 1 aliphatic heterocycles. The van der Waals surface area contributed by atoms with E-state index in [9.17, 15) is 30.3 Å². The second kappa shape index (κ2) is 45.9. The lowest BCUT2D eigenvalue weighted by atomic mass is 9.99. The third kappa shape index (κ3) is 35.9. The van der Waals surface area contributed by atoms with Crippen molar-refractivity contribution < 1.29 is 39.8 Å². The summed E-state index contributed by atoms with van der Waals surface area (Å²) in [7, 11) is 0. The maximum absolute atomic E-state index is 13.0. The summed E-state index contributed by atoms with van der Waals surface area (Å²) in [6.45, 7) is 3.74. The van der Waals surface area contributed by atoms with Gasteiger partial charge in [-0.2, -0.15) is 0 Å². The minimum Gasteiger partial charge on any atom is -0.394 e. The van der Waals surface area contributed by atoms with Crippen LogP contribution in [0.4, 0.5) is 0 Å². The van der Waals surface area contributed by atoms with E-state index in [2.05, 4.69) is 67.8 Å². The van der Waals surface area contributed by atoms with E-state index in [-0.39, 0.29) is 12.5 Å². The molecule has 6 N–H and O–H groups in total. The van der Waals surface area contributed by atoms with E-state index in [1.807, 2.05) is 0 Å². The summed E-state index contributed by atoms with van der Waals surface area (Å²) in [6.07, 6.45) is 52.7. The van der Waals surface area contributed by atoms with E-state index in [0.29, 0.717) is 12.8 Å². The molecule has 7 atom stereocenters. The Labute approximate surface area is 399 Å². The molecule has 0 spiro atoms. The van der Waals surface area contributed by atoms with Crippen LogP contribution in [-0.4, -0.2) is 87.5 Å². The van der Waals surface area contributed by atoms with Gasteiger partial charge in [0.15, 0.2) is 6.29 Å². The monoisotopic (exact) mass is 918 g/mol. The van der Waals surface area contributed by atoms with Crippen LogP contribution in [0.1, 0.15) is 245 Å².